The highest BCUT2D eigenvalue weighted by atomic mass is 32.2. The molecule has 0 amide bonds. The molecule has 5 aromatic carbocycles. The molecule has 0 N–H and O–H groups in total. The van der Waals surface area contributed by atoms with Crippen molar-refractivity contribution in [3.05, 3.63) is 247 Å². The molecule has 0 bridgehead atoms. The largest absolute Gasteiger partial charge is 0.438 e. The summed E-state index contributed by atoms with van der Waals surface area (Å²) in [5.41, 5.74) is 0.835. The van der Waals surface area contributed by atoms with E-state index in [9.17, 15) is 36.9 Å². The molecule has 0 aliphatic rings. The van der Waals surface area contributed by atoms with E-state index in [2.05, 4.69) is 9.97 Å². The van der Waals surface area contributed by atoms with Gasteiger partial charge in [-0.05, 0) is 97.8 Å². The number of aromatic nitrogens is 4. The number of pyridine rings is 2. The molecule has 0 unspecified atom stereocenters. The number of rotatable bonds is 10. The summed E-state index contributed by atoms with van der Waals surface area (Å²) < 4.78 is 66.4. The lowest BCUT2D eigenvalue weighted by atomic mass is 10.2. The van der Waals surface area contributed by atoms with Crippen LogP contribution < -0.4 is 20.6 Å². The van der Waals surface area contributed by atoms with Gasteiger partial charge in [-0.3, -0.25) is 18.4 Å². The first-order valence-electron chi connectivity index (χ1n) is 21.2. The fourth-order valence-electron chi connectivity index (χ4n) is 6.56. The Labute approximate surface area is 403 Å². The van der Waals surface area contributed by atoms with Gasteiger partial charge in [0.2, 0.25) is 31.4 Å². The summed E-state index contributed by atoms with van der Waals surface area (Å²) in [6.45, 7) is 3.67. The maximum absolute atomic E-state index is 13.2. The first kappa shape index (κ1) is 48.7. The monoisotopic (exact) mass is 964 g/mol. The van der Waals surface area contributed by atoms with Crippen LogP contribution in [-0.4, -0.2) is 35.6 Å². The summed E-state index contributed by atoms with van der Waals surface area (Å²) in [4.78, 5) is 34.0. The number of fused-ring (bicyclic) bond motifs is 2. The Kier molecular flexibility index (Phi) is 15.3. The number of hydrogen-bond donors (Lipinski definition) is 0. The number of para-hydroxylation sites is 2. The van der Waals surface area contributed by atoms with Crippen molar-refractivity contribution in [2.75, 3.05) is 0 Å². The molecule has 4 aromatic heterocycles. The van der Waals surface area contributed by atoms with Crippen LogP contribution in [0.25, 0.3) is 23.4 Å². The van der Waals surface area contributed by atoms with Gasteiger partial charge in [-0.2, -0.15) is 20.5 Å². The summed E-state index contributed by atoms with van der Waals surface area (Å²) >= 11 is 0. The summed E-state index contributed by atoms with van der Waals surface area (Å²) in [7, 11) is -8.30. The smallest absolute Gasteiger partial charge is 0.269 e. The van der Waals surface area contributed by atoms with E-state index in [0.717, 1.165) is 23.3 Å². The van der Waals surface area contributed by atoms with Gasteiger partial charge < -0.3 is 9.47 Å². The molecule has 4 heterocycles. The van der Waals surface area contributed by atoms with Crippen molar-refractivity contribution in [2.24, 2.45) is 0 Å². The van der Waals surface area contributed by atoms with Crippen LogP contribution in [0.4, 0.5) is 0 Å². The van der Waals surface area contributed by atoms with Crippen LogP contribution in [0.15, 0.2) is 224 Å². The molecule has 9 rings (SSSR count). The van der Waals surface area contributed by atoms with Crippen molar-refractivity contribution in [3.8, 4) is 35.4 Å². The van der Waals surface area contributed by atoms with E-state index in [4.69, 9.17) is 9.47 Å². The number of ether oxygens (including phenoxy) is 2. The molecule has 0 saturated carbocycles. The molecule has 14 nitrogen and oxygen atoms in total. The number of sulfone groups is 2. The zero-order valence-electron chi connectivity index (χ0n) is 37.4. The Bertz CT molecular complexity index is 3580. The first-order valence-corrected chi connectivity index (χ1v) is 24.1. The molecular weight excluding hydrogens is 925 g/mol. The first-order chi connectivity index (χ1) is 33.8. The van der Waals surface area contributed by atoms with Crippen molar-refractivity contribution in [1.82, 2.24) is 18.8 Å². The Hall–Kier alpha value is -9.22. The molecule has 16 heteroatoms. The highest BCUT2D eigenvalue weighted by Gasteiger charge is 2.25. The summed E-state index contributed by atoms with van der Waals surface area (Å²) in [5, 5.41) is 19.3. The van der Waals surface area contributed by atoms with Gasteiger partial charge >= 0.3 is 0 Å². The van der Waals surface area contributed by atoms with Gasteiger partial charge in [-0.25, -0.2) is 16.8 Å². The molecule has 70 heavy (non-hydrogen) atoms. The minimum absolute atomic E-state index is 0.0528. The van der Waals surface area contributed by atoms with Crippen LogP contribution in [0.2, 0.25) is 0 Å². The van der Waals surface area contributed by atoms with Crippen molar-refractivity contribution in [1.29, 1.82) is 10.5 Å². The van der Waals surface area contributed by atoms with Crippen molar-refractivity contribution in [3.63, 3.8) is 0 Å². The molecule has 0 aliphatic heterocycles. The Morgan fingerprint density at radius 1 is 0.471 bits per heavy atom. The highest BCUT2D eigenvalue weighted by Crippen LogP contribution is 2.30. The Balaban J connectivity index is 0.000000184. The van der Waals surface area contributed by atoms with Gasteiger partial charge in [0, 0.05) is 12.4 Å². The maximum Gasteiger partial charge on any atom is 0.269 e. The van der Waals surface area contributed by atoms with Crippen LogP contribution in [0, 0.1) is 36.5 Å². The minimum atomic E-state index is -4.15. The summed E-state index contributed by atoms with van der Waals surface area (Å²) in [5.74, 6) is 0.732. The molecule has 0 atom stereocenters. The maximum atomic E-state index is 13.2. The zero-order valence-corrected chi connectivity index (χ0v) is 39.0. The van der Waals surface area contributed by atoms with Crippen molar-refractivity contribution >= 4 is 43.1 Å². The predicted octanol–water partition coefficient (Wildman–Crippen LogP) is 9.95. The predicted molar refractivity (Wildman–Crippen MR) is 266 cm³/mol. The van der Waals surface area contributed by atoms with E-state index in [-0.39, 0.29) is 32.7 Å². The number of hydrogen-bond acceptors (Lipinski definition) is 12. The lowest BCUT2D eigenvalue weighted by Gasteiger charge is -2.12. The number of benzene rings is 5. The van der Waals surface area contributed by atoms with Gasteiger partial charge in [-0.1, -0.05) is 121 Å². The van der Waals surface area contributed by atoms with Gasteiger partial charge in [-0.15, -0.1) is 0 Å². The lowest BCUT2D eigenvalue weighted by molar-refractivity contribution is 0.457. The molecular formula is C54H40N6O8S2. The van der Waals surface area contributed by atoms with Gasteiger partial charge in [0.15, 0.2) is 0 Å². The normalized spacial score (nSPS) is 11.5. The van der Waals surface area contributed by atoms with E-state index in [0.29, 0.717) is 22.8 Å². The minimum Gasteiger partial charge on any atom is -0.438 e. The average Bonchev–Trinajstić information content (AvgIpc) is 3.39. The Morgan fingerprint density at radius 2 is 0.786 bits per heavy atom. The van der Waals surface area contributed by atoms with Crippen LogP contribution in [-0.2, 0) is 19.7 Å². The molecule has 0 aliphatic carbocycles. The number of nitrogens with zero attached hydrogens (tertiary/aromatic N) is 6. The van der Waals surface area contributed by atoms with Crippen LogP contribution in [0.3, 0.4) is 0 Å². The number of nitriles is 2. The van der Waals surface area contributed by atoms with Crippen molar-refractivity contribution in [2.45, 2.75) is 23.6 Å². The molecule has 346 valence electrons. The number of aryl methyl sites for hydroxylation is 2. The van der Waals surface area contributed by atoms with E-state index in [1.54, 1.807) is 109 Å². The molecule has 0 radical (unpaired) electrons. The number of allylic oxidation sites excluding steroid dienone is 2. The molecule has 0 spiro atoms. The third-order valence-electron chi connectivity index (χ3n) is 10.2. The SMILES string of the molecule is Cc1ccccc1Oc1nc2ccccn2c(=O)c1/C=C(\C#N)S(=O)(=O)c1ccccc1.Cc1ccccc1Oc1nc2ccccn2c(=O)c1/C=C(\C#N)S(=O)(=O)c1ccccc1.c1ccccc1. The third-order valence-corrected chi connectivity index (χ3v) is 13.6. The quantitative estimate of drug-likeness (QED) is 0.118. The molecule has 0 saturated heterocycles. The molecule has 0 fully saturated rings. The van der Waals surface area contributed by atoms with Gasteiger partial charge in [0.1, 0.15) is 55.9 Å². The fraction of sp³-hybridized carbons (Fsp3) is 0.0370. The topological polar surface area (TPSA) is 203 Å². The summed E-state index contributed by atoms with van der Waals surface area (Å²) in [6, 6.07) is 54.8. The Morgan fingerprint density at radius 3 is 1.13 bits per heavy atom. The van der Waals surface area contributed by atoms with E-state index >= 15 is 0 Å². The highest BCUT2D eigenvalue weighted by molar-refractivity contribution is 7.96. The second-order valence-electron chi connectivity index (χ2n) is 14.9. The van der Waals surface area contributed by atoms with Crippen LogP contribution in [0.5, 0.6) is 23.3 Å². The fourth-order valence-corrected chi connectivity index (χ4v) is 8.88. The second kappa shape index (κ2) is 22.1. The van der Waals surface area contributed by atoms with E-state index < -0.39 is 40.6 Å². The third kappa shape index (κ3) is 11.1. The zero-order chi connectivity index (χ0) is 49.7. The summed E-state index contributed by atoms with van der Waals surface area (Å²) in [6.07, 6.45) is 5.06. The van der Waals surface area contributed by atoms with Gasteiger partial charge in [0.05, 0.1) is 9.79 Å². The van der Waals surface area contributed by atoms with Crippen LogP contribution in [0.1, 0.15) is 22.3 Å². The van der Waals surface area contributed by atoms with Gasteiger partial charge in [0.25, 0.3) is 11.1 Å². The van der Waals surface area contributed by atoms with E-state index in [1.807, 2.05) is 74.5 Å². The van der Waals surface area contributed by atoms with E-state index in [1.165, 1.54) is 45.5 Å². The molecule has 9 aromatic rings. The lowest BCUT2D eigenvalue weighted by Crippen LogP contribution is -2.19. The standard InChI is InChI=1S/2C24H17N3O4S.C6H6/c2*1-17-9-5-6-12-21(17)31-23-20(24(28)27-14-8-7-13-22(27)26-23)15-19(16-25)32(29,30)18-10-3-2-4-11-18;1-2-4-6-5-3-1/h2*2-15H,1H3;1-6H/b2*19-15+;. The average molecular weight is 965 g/mol. The van der Waals surface area contributed by atoms with Crippen LogP contribution >= 0.6 is 0 Å². The second-order valence-corrected chi connectivity index (χ2v) is 18.7. The van der Waals surface area contributed by atoms with Crippen molar-refractivity contribution < 1.29 is 26.3 Å².